The second-order valence-electron chi connectivity index (χ2n) is 10.2. The maximum absolute atomic E-state index is 4.50. The molecule has 4 heteroatoms. The van der Waals surface area contributed by atoms with E-state index in [1.807, 2.05) is 5.51 Å². The predicted octanol–water partition coefficient (Wildman–Crippen LogP) is 6.73. The van der Waals surface area contributed by atoms with Crippen molar-refractivity contribution >= 4 is 16.9 Å². The van der Waals surface area contributed by atoms with Crippen molar-refractivity contribution in [2.75, 3.05) is 19.6 Å². The third-order valence-corrected chi connectivity index (χ3v) is 8.55. The van der Waals surface area contributed by atoms with Crippen molar-refractivity contribution in [1.82, 2.24) is 15.2 Å². The van der Waals surface area contributed by atoms with E-state index >= 15 is 0 Å². The molecule has 1 aromatic rings. The Hall–Kier alpha value is -1.39. The van der Waals surface area contributed by atoms with Gasteiger partial charge in [-0.15, -0.1) is 11.3 Å². The number of aryl methyl sites for hydroxylation is 1. The van der Waals surface area contributed by atoms with Gasteiger partial charge in [0.25, 0.3) is 0 Å². The number of hydrogen-bond acceptors (Lipinski definition) is 4. The second kappa shape index (κ2) is 11.0. The molecule has 4 rings (SSSR count). The number of allylic oxidation sites excluding steroid dienone is 3. The fourth-order valence-corrected chi connectivity index (χ4v) is 6.58. The fraction of sp³-hybridized carbons (Fsp3) is 0.667. The van der Waals surface area contributed by atoms with E-state index in [2.05, 4.69) is 47.8 Å². The molecule has 3 nitrogen and oxygen atoms in total. The average molecular weight is 440 g/mol. The maximum atomic E-state index is 4.50. The van der Waals surface area contributed by atoms with E-state index in [0.717, 1.165) is 31.2 Å². The lowest BCUT2D eigenvalue weighted by Crippen LogP contribution is -2.39. The number of nitrogens with one attached hydrogen (secondary N) is 1. The molecule has 1 aromatic heterocycles. The average Bonchev–Trinajstić information content (AvgIpc) is 3.33. The van der Waals surface area contributed by atoms with Crippen LogP contribution in [0.4, 0.5) is 0 Å². The minimum Gasteiger partial charge on any atom is -0.384 e. The number of rotatable bonds is 7. The van der Waals surface area contributed by atoms with Gasteiger partial charge < -0.3 is 5.32 Å². The van der Waals surface area contributed by atoms with Crippen LogP contribution in [0.15, 0.2) is 35.5 Å². The third kappa shape index (κ3) is 6.10. The Balaban J connectivity index is 1.30. The molecule has 0 spiro atoms. The van der Waals surface area contributed by atoms with Crippen molar-refractivity contribution in [2.45, 2.75) is 84.1 Å². The highest BCUT2D eigenvalue weighted by atomic mass is 32.1. The standard InChI is InChI=1S/C27H41N3S/c1-20-15-26(30(17-20)18-24-9-7-5-4-6-8-10-24)21(2)28-16-23-11-13-25(14-12-23)27-22(3)29-19-31-27/h11,13,19-20,24,26,28H,2,4-10,12,14-18H2,1,3H3. The summed E-state index contributed by atoms with van der Waals surface area (Å²) in [6.07, 6.45) is 18.2. The van der Waals surface area contributed by atoms with Gasteiger partial charge in [0.2, 0.25) is 0 Å². The van der Waals surface area contributed by atoms with Crippen LogP contribution < -0.4 is 5.32 Å². The zero-order chi connectivity index (χ0) is 21.6. The van der Waals surface area contributed by atoms with Crippen molar-refractivity contribution in [3.05, 3.63) is 46.1 Å². The van der Waals surface area contributed by atoms with Gasteiger partial charge in [-0.25, -0.2) is 4.98 Å². The highest BCUT2D eigenvalue weighted by Gasteiger charge is 2.32. The van der Waals surface area contributed by atoms with Crippen molar-refractivity contribution in [2.24, 2.45) is 11.8 Å². The first kappa shape index (κ1) is 22.8. The Labute approximate surface area is 193 Å². The van der Waals surface area contributed by atoms with Crippen LogP contribution in [0.25, 0.3) is 5.57 Å². The molecule has 2 atom stereocenters. The van der Waals surface area contributed by atoms with Gasteiger partial charge in [-0.3, -0.25) is 4.90 Å². The van der Waals surface area contributed by atoms with E-state index in [9.17, 15) is 0 Å². The molecule has 2 heterocycles. The van der Waals surface area contributed by atoms with E-state index in [-0.39, 0.29) is 0 Å². The maximum Gasteiger partial charge on any atom is 0.0801 e. The molecule has 2 unspecified atom stereocenters. The highest BCUT2D eigenvalue weighted by molar-refractivity contribution is 7.10. The van der Waals surface area contributed by atoms with Crippen LogP contribution in [0.1, 0.15) is 81.7 Å². The SMILES string of the molecule is C=C(NCC1=CC=C(c2scnc2C)CC1)C1CC(C)CN1CC1CCCCCCC1. The Bertz CT molecular complexity index is 797. The number of nitrogens with zero attached hydrogens (tertiary/aromatic N) is 2. The molecule has 0 amide bonds. The summed E-state index contributed by atoms with van der Waals surface area (Å²) in [5.41, 5.74) is 7.30. The van der Waals surface area contributed by atoms with E-state index in [0.29, 0.717) is 6.04 Å². The predicted molar refractivity (Wildman–Crippen MR) is 134 cm³/mol. The monoisotopic (exact) mass is 439 g/mol. The molecule has 0 aromatic carbocycles. The first-order valence-electron chi connectivity index (χ1n) is 12.6. The molecular formula is C27H41N3S. The minimum absolute atomic E-state index is 0.510. The van der Waals surface area contributed by atoms with Crippen LogP contribution in [0, 0.1) is 18.8 Å². The summed E-state index contributed by atoms with van der Waals surface area (Å²) in [5, 5.41) is 3.72. The normalized spacial score (nSPS) is 26.1. The highest BCUT2D eigenvalue weighted by Crippen LogP contribution is 2.32. The van der Waals surface area contributed by atoms with E-state index < -0.39 is 0 Å². The summed E-state index contributed by atoms with van der Waals surface area (Å²) in [6, 6.07) is 0.510. The van der Waals surface area contributed by atoms with Gasteiger partial charge >= 0.3 is 0 Å². The Kier molecular flexibility index (Phi) is 8.06. The van der Waals surface area contributed by atoms with Crippen LogP contribution in [0.3, 0.4) is 0 Å². The molecule has 170 valence electrons. The fourth-order valence-electron chi connectivity index (χ4n) is 5.72. The molecular weight excluding hydrogens is 398 g/mol. The lowest BCUT2D eigenvalue weighted by atomic mass is 9.90. The molecule has 1 saturated carbocycles. The molecule has 1 saturated heterocycles. The smallest absolute Gasteiger partial charge is 0.0801 e. The van der Waals surface area contributed by atoms with Gasteiger partial charge in [-0.1, -0.05) is 63.3 Å². The van der Waals surface area contributed by atoms with Gasteiger partial charge in [0.05, 0.1) is 16.1 Å². The van der Waals surface area contributed by atoms with Gasteiger partial charge in [0.15, 0.2) is 0 Å². The van der Waals surface area contributed by atoms with Crippen molar-refractivity contribution in [3.8, 4) is 0 Å². The van der Waals surface area contributed by atoms with Crippen molar-refractivity contribution < 1.29 is 0 Å². The first-order valence-corrected chi connectivity index (χ1v) is 13.4. The molecule has 1 aliphatic heterocycles. The van der Waals surface area contributed by atoms with Crippen LogP contribution in [-0.2, 0) is 0 Å². The van der Waals surface area contributed by atoms with Crippen LogP contribution in [-0.4, -0.2) is 35.6 Å². The second-order valence-corrected chi connectivity index (χ2v) is 11.0. The van der Waals surface area contributed by atoms with Crippen LogP contribution in [0.2, 0.25) is 0 Å². The largest absolute Gasteiger partial charge is 0.384 e. The van der Waals surface area contributed by atoms with Crippen molar-refractivity contribution in [1.29, 1.82) is 0 Å². The van der Waals surface area contributed by atoms with Gasteiger partial charge in [-0.05, 0) is 56.4 Å². The van der Waals surface area contributed by atoms with Gasteiger partial charge in [0, 0.05) is 31.4 Å². The number of thiazole rings is 1. The summed E-state index contributed by atoms with van der Waals surface area (Å²) in [7, 11) is 0. The number of aromatic nitrogens is 1. The lowest BCUT2D eigenvalue weighted by Gasteiger charge is -2.31. The number of hydrogen-bond donors (Lipinski definition) is 1. The first-order chi connectivity index (χ1) is 15.1. The van der Waals surface area contributed by atoms with Crippen LogP contribution in [0.5, 0.6) is 0 Å². The van der Waals surface area contributed by atoms with E-state index in [1.165, 1.54) is 91.9 Å². The molecule has 31 heavy (non-hydrogen) atoms. The molecule has 1 N–H and O–H groups in total. The summed E-state index contributed by atoms with van der Waals surface area (Å²) < 4.78 is 0. The molecule has 2 aliphatic carbocycles. The third-order valence-electron chi connectivity index (χ3n) is 7.55. The Morgan fingerprint density at radius 1 is 1.16 bits per heavy atom. The van der Waals surface area contributed by atoms with Crippen molar-refractivity contribution in [3.63, 3.8) is 0 Å². The quantitative estimate of drug-likeness (QED) is 0.510. The molecule has 3 aliphatic rings. The Morgan fingerprint density at radius 3 is 2.61 bits per heavy atom. The molecule has 2 fully saturated rings. The van der Waals surface area contributed by atoms with E-state index in [1.54, 1.807) is 11.3 Å². The molecule has 0 bridgehead atoms. The Morgan fingerprint density at radius 2 is 1.94 bits per heavy atom. The summed E-state index contributed by atoms with van der Waals surface area (Å²) in [6.45, 7) is 12.5. The summed E-state index contributed by atoms with van der Waals surface area (Å²) >= 11 is 1.77. The van der Waals surface area contributed by atoms with Gasteiger partial charge in [0.1, 0.15) is 0 Å². The lowest BCUT2D eigenvalue weighted by molar-refractivity contribution is 0.204. The summed E-state index contributed by atoms with van der Waals surface area (Å²) in [5.74, 6) is 1.67. The number of likely N-dealkylation sites (tertiary alicyclic amines) is 1. The topological polar surface area (TPSA) is 28.2 Å². The zero-order valence-electron chi connectivity index (χ0n) is 19.7. The van der Waals surface area contributed by atoms with E-state index in [4.69, 9.17) is 0 Å². The molecule has 0 radical (unpaired) electrons. The minimum atomic E-state index is 0.510. The van der Waals surface area contributed by atoms with Crippen LogP contribution >= 0.6 is 11.3 Å². The zero-order valence-corrected chi connectivity index (χ0v) is 20.5. The van der Waals surface area contributed by atoms with Gasteiger partial charge in [-0.2, -0.15) is 0 Å². The summed E-state index contributed by atoms with van der Waals surface area (Å²) in [4.78, 5) is 8.52.